The van der Waals surface area contributed by atoms with Crippen molar-refractivity contribution >= 4 is 29.5 Å². The van der Waals surface area contributed by atoms with Gasteiger partial charge >= 0.3 is 5.97 Å². The lowest BCUT2D eigenvalue weighted by Crippen LogP contribution is -2.38. The third kappa shape index (κ3) is 10.8. The third-order valence-electron chi connectivity index (χ3n) is 9.03. The number of hydrogen-bond acceptors (Lipinski definition) is 7. The van der Waals surface area contributed by atoms with E-state index < -0.39 is 12.3 Å². The Morgan fingerprint density at radius 2 is 1.53 bits per heavy atom. The van der Waals surface area contributed by atoms with Gasteiger partial charge in [0.1, 0.15) is 0 Å². The third-order valence-corrected chi connectivity index (χ3v) is 10.2. The molecule has 4 aromatic rings. The number of carbonyl (C=O) groups excluding carboxylic acids is 2. The van der Waals surface area contributed by atoms with E-state index in [9.17, 15) is 24.6 Å². The first-order chi connectivity index (χ1) is 24.7. The molecule has 1 heterocycles. The van der Waals surface area contributed by atoms with Crippen molar-refractivity contribution in [1.29, 1.82) is 0 Å². The molecular formula is C41H46N2O7S. The molecule has 0 radical (unpaired) electrons. The number of rotatable bonds is 16. The maximum Gasteiger partial charge on any atom is 0.336 e. The Hall–Kier alpha value is -4.48. The van der Waals surface area contributed by atoms with Crippen molar-refractivity contribution < 1.29 is 34.1 Å². The molecule has 0 spiro atoms. The molecule has 4 aromatic carbocycles. The summed E-state index contributed by atoms with van der Waals surface area (Å²) in [5.74, 6) is -0.486. The molecule has 0 saturated carbocycles. The molecule has 0 bridgehead atoms. The van der Waals surface area contributed by atoms with Crippen LogP contribution in [0.4, 0.5) is 0 Å². The van der Waals surface area contributed by atoms with Crippen LogP contribution in [0.2, 0.25) is 0 Å². The van der Waals surface area contributed by atoms with Crippen LogP contribution in [0.1, 0.15) is 84.5 Å². The normalized spacial score (nSPS) is 18.6. The minimum atomic E-state index is -0.961. The second-order valence-electron chi connectivity index (χ2n) is 12.8. The van der Waals surface area contributed by atoms with E-state index in [0.29, 0.717) is 30.2 Å². The van der Waals surface area contributed by atoms with E-state index in [-0.39, 0.29) is 42.1 Å². The molecule has 1 aliphatic rings. The van der Waals surface area contributed by atoms with Gasteiger partial charge in [-0.15, -0.1) is 11.8 Å². The van der Waals surface area contributed by atoms with Gasteiger partial charge in [0.05, 0.1) is 24.4 Å². The molecule has 4 N–H and O–H groups in total. The summed E-state index contributed by atoms with van der Waals surface area (Å²) in [6, 6.07) is 30.9. The minimum absolute atomic E-state index is 0.0107. The number of carboxylic acid groups (broad SMARTS) is 1. The molecule has 4 atom stereocenters. The van der Waals surface area contributed by atoms with E-state index >= 15 is 0 Å². The number of benzene rings is 4. The van der Waals surface area contributed by atoms with Crippen molar-refractivity contribution in [1.82, 2.24) is 10.6 Å². The summed E-state index contributed by atoms with van der Waals surface area (Å²) < 4.78 is 13.2. The van der Waals surface area contributed by atoms with E-state index in [4.69, 9.17) is 9.47 Å². The van der Waals surface area contributed by atoms with Crippen molar-refractivity contribution in [2.45, 2.75) is 76.1 Å². The fraction of sp³-hybridized carbons (Fsp3) is 0.341. The molecule has 0 aliphatic carbocycles. The van der Waals surface area contributed by atoms with Crippen LogP contribution in [0.5, 0.6) is 0 Å². The van der Waals surface area contributed by atoms with E-state index in [0.717, 1.165) is 52.6 Å². The number of hydrogen-bond donors (Lipinski definition) is 4. The molecule has 0 aromatic heterocycles. The number of aromatic carboxylic acids is 1. The lowest BCUT2D eigenvalue weighted by atomic mass is 9.91. The molecule has 5 rings (SSSR count). The number of carbonyl (C=O) groups is 3. The summed E-state index contributed by atoms with van der Waals surface area (Å²) in [5, 5.41) is 25.1. The predicted octanol–water partition coefficient (Wildman–Crippen LogP) is 7.44. The quantitative estimate of drug-likeness (QED) is 0.0697. The predicted molar refractivity (Wildman–Crippen MR) is 198 cm³/mol. The number of nitrogens with one attached hydrogen (secondary N) is 2. The molecule has 2 amide bonds. The van der Waals surface area contributed by atoms with Crippen LogP contribution >= 0.6 is 11.8 Å². The Labute approximate surface area is 303 Å². The Balaban J connectivity index is 1.25. The molecule has 1 aliphatic heterocycles. The molecule has 9 nitrogen and oxygen atoms in total. The van der Waals surface area contributed by atoms with Gasteiger partial charge in [-0.1, -0.05) is 92.2 Å². The largest absolute Gasteiger partial charge is 0.478 e. The highest BCUT2D eigenvalue weighted by atomic mass is 32.2. The van der Waals surface area contributed by atoms with E-state index in [2.05, 4.69) is 23.6 Å². The smallest absolute Gasteiger partial charge is 0.336 e. The summed E-state index contributed by atoms with van der Waals surface area (Å²) in [7, 11) is 0. The average Bonchev–Trinajstić information content (AvgIpc) is 3.15. The van der Waals surface area contributed by atoms with Gasteiger partial charge in [0.25, 0.3) is 0 Å². The van der Waals surface area contributed by atoms with Crippen LogP contribution in [0, 0.1) is 5.92 Å². The van der Waals surface area contributed by atoms with Crippen LogP contribution in [-0.4, -0.2) is 46.4 Å². The van der Waals surface area contributed by atoms with Gasteiger partial charge < -0.3 is 30.3 Å². The number of unbranched alkanes of at least 4 members (excludes halogenated alkanes) is 2. The van der Waals surface area contributed by atoms with Crippen molar-refractivity contribution in [3.05, 3.63) is 125 Å². The fourth-order valence-electron chi connectivity index (χ4n) is 6.09. The van der Waals surface area contributed by atoms with Gasteiger partial charge in [0, 0.05) is 48.6 Å². The average molecular weight is 711 g/mol. The minimum Gasteiger partial charge on any atom is -0.478 e. The molecule has 1 fully saturated rings. The van der Waals surface area contributed by atoms with Crippen LogP contribution in [0.3, 0.4) is 0 Å². The second-order valence-corrected chi connectivity index (χ2v) is 13.9. The van der Waals surface area contributed by atoms with Gasteiger partial charge in [-0.25, -0.2) is 4.79 Å². The maximum absolute atomic E-state index is 12.4. The monoisotopic (exact) mass is 710 g/mol. The summed E-state index contributed by atoms with van der Waals surface area (Å²) in [6.07, 6.45) is 1.80. The van der Waals surface area contributed by atoms with E-state index in [1.165, 1.54) is 18.7 Å². The topological polar surface area (TPSA) is 134 Å². The van der Waals surface area contributed by atoms with E-state index in [1.807, 2.05) is 78.9 Å². The van der Waals surface area contributed by atoms with E-state index in [1.54, 1.807) is 12.1 Å². The van der Waals surface area contributed by atoms with Gasteiger partial charge in [-0.3, -0.25) is 9.59 Å². The first kappa shape index (κ1) is 37.8. The zero-order chi connectivity index (χ0) is 36.2. The van der Waals surface area contributed by atoms with Gasteiger partial charge in [0.15, 0.2) is 6.29 Å². The Morgan fingerprint density at radius 1 is 0.784 bits per heavy atom. The van der Waals surface area contributed by atoms with Crippen molar-refractivity contribution in [3.63, 3.8) is 0 Å². The van der Waals surface area contributed by atoms with Gasteiger partial charge in [-0.2, -0.15) is 0 Å². The zero-order valence-electron chi connectivity index (χ0n) is 29.0. The Morgan fingerprint density at radius 3 is 2.25 bits per heavy atom. The summed E-state index contributed by atoms with van der Waals surface area (Å²) in [4.78, 5) is 35.9. The summed E-state index contributed by atoms with van der Waals surface area (Å²) >= 11 is 1.47. The molecule has 1 saturated heterocycles. The van der Waals surface area contributed by atoms with Crippen molar-refractivity contribution in [2.24, 2.45) is 5.92 Å². The highest BCUT2D eigenvalue weighted by Gasteiger charge is 2.38. The number of carboxylic acids is 1. The van der Waals surface area contributed by atoms with Gasteiger partial charge in [0.2, 0.25) is 11.8 Å². The van der Waals surface area contributed by atoms with Crippen LogP contribution in [0.25, 0.3) is 11.1 Å². The number of ether oxygens (including phenoxy) is 2. The summed E-state index contributed by atoms with van der Waals surface area (Å²) in [6.45, 7) is 4.62. The highest BCUT2D eigenvalue weighted by Crippen LogP contribution is 2.43. The molecule has 10 heteroatoms. The van der Waals surface area contributed by atoms with Crippen molar-refractivity contribution in [2.75, 3.05) is 12.3 Å². The molecule has 0 unspecified atom stereocenters. The molecule has 51 heavy (non-hydrogen) atoms. The standard InChI is InChI=1S/C41H46N2O7S/c1-27-36(26-51-37-12-6-5-11-35(37)40(47)48)49-41(50-39(27)32-16-14-29(25-44)15-17-32)33-20-18-31(19-21-33)34-10-8-9-30(23-34)24-43-38(46)13-4-3-7-22-42-28(2)45/h5-6,8-12,14-21,23,27,36,39,41,44H,3-4,7,13,22,24-26H2,1-2H3,(H,42,45)(H,43,46)(H,47,48)/t27-,36+,39+,41+/m1/s1. The number of amides is 2. The van der Waals surface area contributed by atoms with Crippen LogP contribution < -0.4 is 10.6 Å². The Kier molecular flexibility index (Phi) is 13.8. The lowest BCUT2D eigenvalue weighted by molar-refractivity contribution is -0.268. The Bertz CT molecular complexity index is 1760. The molecular weight excluding hydrogens is 665 g/mol. The first-order valence-corrected chi connectivity index (χ1v) is 18.4. The van der Waals surface area contributed by atoms with Crippen LogP contribution in [0.15, 0.2) is 102 Å². The highest BCUT2D eigenvalue weighted by molar-refractivity contribution is 7.99. The molecule has 268 valence electrons. The second kappa shape index (κ2) is 18.7. The maximum atomic E-state index is 12.4. The number of thioether (sulfide) groups is 1. The van der Waals surface area contributed by atoms with Crippen LogP contribution in [-0.2, 0) is 32.2 Å². The SMILES string of the molecule is CC(=O)NCCCCCC(=O)NCc1cccc(-c2ccc([C@H]3O[C@@H](CSc4ccccc4C(=O)O)[C@@H](C)[C@@H](c4ccc(CO)cc4)O3)cc2)c1. The number of aliphatic hydroxyl groups is 1. The fourth-order valence-corrected chi connectivity index (χ4v) is 7.30. The lowest BCUT2D eigenvalue weighted by Gasteiger charge is -2.41. The first-order valence-electron chi connectivity index (χ1n) is 17.4. The van der Waals surface area contributed by atoms with Gasteiger partial charge in [-0.05, 0) is 58.9 Å². The van der Waals surface area contributed by atoms with Crippen molar-refractivity contribution in [3.8, 4) is 11.1 Å². The number of aliphatic hydroxyl groups excluding tert-OH is 1. The zero-order valence-corrected chi connectivity index (χ0v) is 29.9. The summed E-state index contributed by atoms with van der Waals surface area (Å²) in [5.41, 5.74) is 5.98.